The van der Waals surface area contributed by atoms with Crippen LogP contribution in [0.15, 0.2) is 12.3 Å². The van der Waals surface area contributed by atoms with Crippen LogP contribution in [0.2, 0.25) is 5.02 Å². The first kappa shape index (κ1) is 15.2. The molecule has 0 radical (unpaired) electrons. The zero-order chi connectivity index (χ0) is 14.4. The van der Waals surface area contributed by atoms with E-state index >= 15 is 0 Å². The molecule has 8 heteroatoms. The van der Waals surface area contributed by atoms with E-state index in [-0.39, 0.29) is 23.1 Å². The van der Waals surface area contributed by atoms with Gasteiger partial charge in [0.25, 0.3) is 5.69 Å². The summed E-state index contributed by atoms with van der Waals surface area (Å²) < 4.78 is 4.80. The van der Waals surface area contributed by atoms with Gasteiger partial charge >= 0.3 is 5.97 Å². The first-order chi connectivity index (χ1) is 8.95. The molecule has 0 unspecified atom stereocenters. The lowest BCUT2D eigenvalue weighted by molar-refractivity contribution is -0.385. The van der Waals surface area contributed by atoms with Crippen molar-refractivity contribution in [3.05, 3.63) is 27.4 Å². The molecule has 7 nitrogen and oxygen atoms in total. The average Bonchev–Trinajstić information content (AvgIpc) is 2.36. The molecule has 0 spiro atoms. The molecule has 0 aliphatic carbocycles. The van der Waals surface area contributed by atoms with Crippen LogP contribution in [0.3, 0.4) is 0 Å². The largest absolute Gasteiger partial charge is 0.466 e. The standard InChI is InChI=1S/C11H14ClN3O4/c1-3-19-10(16)4-5-14(2)11-9(12)6-8(7-13-11)15(17)18/h6-7H,3-5H2,1-2H3. The third kappa shape index (κ3) is 4.36. The van der Waals surface area contributed by atoms with E-state index in [0.29, 0.717) is 19.0 Å². The van der Waals surface area contributed by atoms with E-state index in [1.54, 1.807) is 18.9 Å². The van der Waals surface area contributed by atoms with Crippen molar-refractivity contribution in [1.82, 2.24) is 4.98 Å². The molecule has 19 heavy (non-hydrogen) atoms. The Morgan fingerprint density at radius 2 is 2.32 bits per heavy atom. The Balaban J connectivity index is 2.69. The van der Waals surface area contributed by atoms with Crippen molar-refractivity contribution in [3.8, 4) is 0 Å². The molecule has 0 aliphatic rings. The maximum Gasteiger partial charge on any atom is 0.307 e. The molecule has 0 atom stereocenters. The first-order valence-electron chi connectivity index (χ1n) is 5.62. The molecule has 1 heterocycles. The van der Waals surface area contributed by atoms with Gasteiger partial charge in [-0.15, -0.1) is 0 Å². The molecular weight excluding hydrogens is 274 g/mol. The molecule has 0 bridgehead atoms. The van der Waals surface area contributed by atoms with Gasteiger partial charge in [-0.2, -0.15) is 0 Å². The summed E-state index contributed by atoms with van der Waals surface area (Å²) in [5, 5.41) is 10.7. The number of rotatable bonds is 6. The van der Waals surface area contributed by atoms with E-state index in [0.717, 1.165) is 6.20 Å². The van der Waals surface area contributed by atoms with Crippen molar-refractivity contribution in [2.75, 3.05) is 25.1 Å². The fraction of sp³-hybridized carbons (Fsp3) is 0.455. The zero-order valence-electron chi connectivity index (χ0n) is 10.6. The van der Waals surface area contributed by atoms with Gasteiger partial charge in [0, 0.05) is 19.7 Å². The van der Waals surface area contributed by atoms with Gasteiger partial charge < -0.3 is 9.64 Å². The lowest BCUT2D eigenvalue weighted by atomic mass is 10.3. The number of aromatic nitrogens is 1. The molecule has 1 aromatic rings. The summed E-state index contributed by atoms with van der Waals surface area (Å²) in [7, 11) is 1.69. The summed E-state index contributed by atoms with van der Waals surface area (Å²) in [6.45, 7) is 2.43. The van der Waals surface area contributed by atoms with Gasteiger partial charge in [0.2, 0.25) is 0 Å². The van der Waals surface area contributed by atoms with Crippen molar-refractivity contribution in [2.24, 2.45) is 0 Å². The number of nitrogens with zero attached hydrogens (tertiary/aromatic N) is 3. The Morgan fingerprint density at radius 1 is 1.63 bits per heavy atom. The second-order valence-corrected chi connectivity index (χ2v) is 4.14. The number of halogens is 1. The van der Waals surface area contributed by atoms with Gasteiger partial charge in [0.15, 0.2) is 0 Å². The van der Waals surface area contributed by atoms with Crippen LogP contribution in [0, 0.1) is 10.1 Å². The van der Waals surface area contributed by atoms with Crippen molar-refractivity contribution >= 4 is 29.1 Å². The lowest BCUT2D eigenvalue weighted by Crippen LogP contribution is -2.23. The highest BCUT2D eigenvalue weighted by molar-refractivity contribution is 6.33. The van der Waals surface area contributed by atoms with Gasteiger partial charge in [-0.3, -0.25) is 14.9 Å². The third-order valence-electron chi connectivity index (χ3n) is 2.34. The molecule has 0 aromatic carbocycles. The van der Waals surface area contributed by atoms with E-state index in [1.807, 2.05) is 0 Å². The first-order valence-corrected chi connectivity index (χ1v) is 6.00. The molecule has 0 saturated heterocycles. The Kier molecular flexibility index (Phi) is 5.50. The second-order valence-electron chi connectivity index (χ2n) is 3.73. The highest BCUT2D eigenvalue weighted by atomic mass is 35.5. The molecule has 0 N–H and O–H groups in total. The van der Waals surface area contributed by atoms with E-state index in [2.05, 4.69) is 4.98 Å². The Morgan fingerprint density at radius 3 is 2.84 bits per heavy atom. The van der Waals surface area contributed by atoms with Crippen LogP contribution in [-0.4, -0.2) is 36.1 Å². The van der Waals surface area contributed by atoms with Crippen molar-refractivity contribution in [1.29, 1.82) is 0 Å². The Bertz CT molecular complexity index is 481. The second kappa shape index (κ2) is 6.89. The fourth-order valence-corrected chi connectivity index (χ4v) is 1.70. The van der Waals surface area contributed by atoms with Gasteiger partial charge in [-0.05, 0) is 6.92 Å². The maximum absolute atomic E-state index is 11.2. The SMILES string of the molecule is CCOC(=O)CCN(C)c1ncc([N+](=O)[O-])cc1Cl. The van der Waals surface area contributed by atoms with Crippen molar-refractivity contribution in [3.63, 3.8) is 0 Å². The van der Waals surface area contributed by atoms with Crippen molar-refractivity contribution < 1.29 is 14.5 Å². The number of carbonyl (C=O) groups excluding carboxylic acids is 1. The summed E-state index contributed by atoms with van der Waals surface area (Å²) in [6, 6.07) is 1.23. The monoisotopic (exact) mass is 287 g/mol. The molecule has 0 fully saturated rings. The Hall–Kier alpha value is -1.89. The minimum absolute atomic E-state index is 0.167. The van der Waals surface area contributed by atoms with E-state index in [4.69, 9.17) is 16.3 Å². The smallest absolute Gasteiger partial charge is 0.307 e. The van der Waals surface area contributed by atoms with Crippen LogP contribution in [0.4, 0.5) is 11.5 Å². The highest BCUT2D eigenvalue weighted by Crippen LogP contribution is 2.26. The third-order valence-corrected chi connectivity index (χ3v) is 2.61. The van der Waals surface area contributed by atoms with Gasteiger partial charge in [0.1, 0.15) is 12.0 Å². The number of nitro groups is 1. The minimum Gasteiger partial charge on any atom is -0.466 e. The average molecular weight is 288 g/mol. The molecule has 104 valence electrons. The topological polar surface area (TPSA) is 85.6 Å². The zero-order valence-corrected chi connectivity index (χ0v) is 11.4. The summed E-state index contributed by atoms with van der Waals surface area (Å²) in [5.41, 5.74) is -0.174. The summed E-state index contributed by atoms with van der Waals surface area (Å²) in [5.74, 6) is 0.0731. The van der Waals surface area contributed by atoms with Gasteiger partial charge in [-0.1, -0.05) is 11.6 Å². The predicted octanol–water partition coefficient (Wildman–Crippen LogP) is 2.03. The fourth-order valence-electron chi connectivity index (χ4n) is 1.40. The number of hydrogen-bond donors (Lipinski definition) is 0. The normalized spacial score (nSPS) is 10.1. The molecule has 0 saturated carbocycles. The number of esters is 1. The van der Waals surface area contributed by atoms with Crippen LogP contribution in [-0.2, 0) is 9.53 Å². The van der Waals surface area contributed by atoms with Crippen LogP contribution in [0.5, 0.6) is 0 Å². The summed E-state index contributed by atoms with van der Waals surface area (Å²) >= 11 is 5.92. The molecule has 1 aromatic heterocycles. The van der Waals surface area contributed by atoms with Crippen LogP contribution < -0.4 is 4.90 Å². The van der Waals surface area contributed by atoms with Crippen LogP contribution in [0.25, 0.3) is 0 Å². The highest BCUT2D eigenvalue weighted by Gasteiger charge is 2.14. The predicted molar refractivity (Wildman–Crippen MR) is 70.4 cm³/mol. The summed E-state index contributed by atoms with van der Waals surface area (Å²) in [6.07, 6.45) is 1.32. The number of carbonyl (C=O) groups is 1. The molecule has 0 amide bonds. The van der Waals surface area contributed by atoms with E-state index in [9.17, 15) is 14.9 Å². The quantitative estimate of drug-likeness (QED) is 0.452. The summed E-state index contributed by atoms with van der Waals surface area (Å²) in [4.78, 5) is 26.8. The molecular formula is C11H14ClN3O4. The number of pyridine rings is 1. The van der Waals surface area contributed by atoms with E-state index < -0.39 is 4.92 Å². The number of ether oxygens (including phenoxy) is 1. The van der Waals surface area contributed by atoms with Gasteiger partial charge in [-0.25, -0.2) is 4.98 Å². The van der Waals surface area contributed by atoms with Gasteiger partial charge in [0.05, 0.1) is 23.0 Å². The van der Waals surface area contributed by atoms with Crippen molar-refractivity contribution in [2.45, 2.75) is 13.3 Å². The molecule has 1 rings (SSSR count). The van der Waals surface area contributed by atoms with E-state index in [1.165, 1.54) is 6.07 Å². The minimum atomic E-state index is -0.568. The van der Waals surface area contributed by atoms with Crippen LogP contribution in [0.1, 0.15) is 13.3 Å². The number of hydrogen-bond acceptors (Lipinski definition) is 6. The molecule has 0 aliphatic heterocycles. The lowest BCUT2D eigenvalue weighted by Gasteiger charge is -2.18. The van der Waals surface area contributed by atoms with Crippen LogP contribution >= 0.6 is 11.6 Å². The number of anilines is 1. The Labute approximate surface area is 115 Å². The maximum atomic E-state index is 11.2.